The molecule has 1 fully saturated rings. The quantitative estimate of drug-likeness (QED) is 0.505. The van der Waals surface area contributed by atoms with Gasteiger partial charge in [-0.1, -0.05) is 48.0 Å². The molecule has 0 radical (unpaired) electrons. The Morgan fingerprint density at radius 1 is 0.812 bits per heavy atom. The first-order chi connectivity index (χ1) is 15.7. The Morgan fingerprint density at radius 3 is 2.38 bits per heavy atom. The molecule has 0 bridgehead atoms. The lowest BCUT2D eigenvalue weighted by atomic mass is 10.1. The molecule has 3 aromatic carbocycles. The van der Waals surface area contributed by atoms with E-state index in [1.807, 2.05) is 30.3 Å². The summed E-state index contributed by atoms with van der Waals surface area (Å²) in [6.07, 6.45) is 1.05. The molecule has 6 heteroatoms. The van der Waals surface area contributed by atoms with Gasteiger partial charge in [0.05, 0.1) is 10.7 Å². The van der Waals surface area contributed by atoms with Crippen molar-refractivity contribution < 1.29 is 14.2 Å². The van der Waals surface area contributed by atoms with E-state index in [1.54, 1.807) is 0 Å². The Hall–Kier alpha value is -2.89. The number of ether oxygens (including phenoxy) is 3. The van der Waals surface area contributed by atoms with E-state index in [4.69, 9.17) is 25.8 Å². The van der Waals surface area contributed by atoms with Gasteiger partial charge in [0.25, 0.3) is 0 Å². The van der Waals surface area contributed by atoms with Gasteiger partial charge in [0.1, 0.15) is 12.4 Å². The molecule has 0 aromatic heterocycles. The fourth-order valence-corrected chi connectivity index (χ4v) is 4.40. The van der Waals surface area contributed by atoms with E-state index >= 15 is 0 Å². The van der Waals surface area contributed by atoms with Gasteiger partial charge in [0.15, 0.2) is 11.5 Å². The van der Waals surface area contributed by atoms with Crippen LogP contribution in [0.25, 0.3) is 0 Å². The number of rotatable bonds is 7. The van der Waals surface area contributed by atoms with Crippen LogP contribution in [-0.2, 0) is 13.0 Å². The first-order valence-corrected chi connectivity index (χ1v) is 11.4. The Morgan fingerprint density at radius 2 is 1.56 bits per heavy atom. The second-order valence-electron chi connectivity index (χ2n) is 8.15. The van der Waals surface area contributed by atoms with Gasteiger partial charge < -0.3 is 19.1 Å². The van der Waals surface area contributed by atoms with Gasteiger partial charge in [0, 0.05) is 38.8 Å². The summed E-state index contributed by atoms with van der Waals surface area (Å²) in [5.41, 5.74) is 3.65. The normalized spacial score (nSPS) is 15.7. The summed E-state index contributed by atoms with van der Waals surface area (Å²) < 4.78 is 16.6. The van der Waals surface area contributed by atoms with Gasteiger partial charge >= 0.3 is 0 Å². The molecule has 0 spiro atoms. The average molecular weight is 451 g/mol. The predicted molar refractivity (Wildman–Crippen MR) is 127 cm³/mol. The van der Waals surface area contributed by atoms with Crippen LogP contribution in [0, 0.1) is 0 Å². The molecule has 32 heavy (non-hydrogen) atoms. The lowest BCUT2D eigenvalue weighted by Crippen LogP contribution is -2.47. The largest absolute Gasteiger partial charge is 0.489 e. The number of para-hydroxylation sites is 1. The summed E-state index contributed by atoms with van der Waals surface area (Å²) >= 11 is 6.35. The van der Waals surface area contributed by atoms with Crippen LogP contribution in [0.15, 0.2) is 66.7 Å². The van der Waals surface area contributed by atoms with Crippen LogP contribution in [0.3, 0.4) is 0 Å². The maximum atomic E-state index is 6.35. The Kier molecular flexibility index (Phi) is 6.37. The minimum absolute atomic E-state index is 0.275. The average Bonchev–Trinajstić information content (AvgIpc) is 3.31. The van der Waals surface area contributed by atoms with Gasteiger partial charge in [0.2, 0.25) is 6.79 Å². The van der Waals surface area contributed by atoms with Gasteiger partial charge in [-0.2, -0.15) is 0 Å². The topological polar surface area (TPSA) is 34.2 Å². The van der Waals surface area contributed by atoms with E-state index in [9.17, 15) is 0 Å². The second-order valence-corrected chi connectivity index (χ2v) is 8.56. The number of nitrogens with zero attached hydrogens (tertiary/aromatic N) is 2. The summed E-state index contributed by atoms with van der Waals surface area (Å²) in [6.45, 7) is 6.03. The third-order valence-corrected chi connectivity index (χ3v) is 6.37. The van der Waals surface area contributed by atoms with Crippen LogP contribution in [0.4, 0.5) is 5.69 Å². The molecule has 2 aliphatic rings. The van der Waals surface area contributed by atoms with Gasteiger partial charge in [-0.3, -0.25) is 4.90 Å². The fourth-order valence-electron chi connectivity index (χ4n) is 4.14. The third-order valence-electron chi connectivity index (χ3n) is 6.05. The fraction of sp³-hybridized carbons (Fsp3) is 0.308. The molecule has 5 nitrogen and oxygen atoms in total. The highest BCUT2D eigenvalue weighted by Gasteiger charge is 2.18. The van der Waals surface area contributed by atoms with Crippen molar-refractivity contribution in [1.82, 2.24) is 4.90 Å². The molecule has 0 atom stereocenters. The molecule has 0 aliphatic carbocycles. The minimum Gasteiger partial charge on any atom is -0.489 e. The highest BCUT2D eigenvalue weighted by molar-refractivity contribution is 6.33. The summed E-state index contributed by atoms with van der Waals surface area (Å²) in [5, 5.41) is 0.837. The van der Waals surface area contributed by atoms with E-state index in [0.29, 0.717) is 6.61 Å². The first-order valence-electron chi connectivity index (χ1n) is 11.1. The number of hydrogen-bond donors (Lipinski definition) is 0. The van der Waals surface area contributed by atoms with E-state index < -0.39 is 0 Å². The lowest BCUT2D eigenvalue weighted by Gasteiger charge is -2.36. The van der Waals surface area contributed by atoms with Crippen molar-refractivity contribution in [2.75, 3.05) is 44.4 Å². The Bertz CT molecular complexity index is 1050. The molecule has 1 saturated heterocycles. The van der Waals surface area contributed by atoms with Crippen LogP contribution < -0.4 is 19.1 Å². The number of hydrogen-bond acceptors (Lipinski definition) is 5. The zero-order chi connectivity index (χ0) is 21.8. The van der Waals surface area contributed by atoms with Gasteiger partial charge in [-0.05, 0) is 41.8 Å². The minimum atomic E-state index is 0.275. The molecular weight excluding hydrogens is 424 g/mol. The smallest absolute Gasteiger partial charge is 0.231 e. The van der Waals surface area contributed by atoms with Crippen molar-refractivity contribution >= 4 is 17.3 Å². The molecule has 0 N–H and O–H groups in total. The molecule has 2 aliphatic heterocycles. The van der Waals surface area contributed by atoms with E-state index in [2.05, 4.69) is 46.2 Å². The summed E-state index contributed by atoms with van der Waals surface area (Å²) in [4.78, 5) is 4.91. The molecule has 166 valence electrons. The summed E-state index contributed by atoms with van der Waals surface area (Å²) in [6, 6.07) is 22.5. The van der Waals surface area contributed by atoms with Crippen molar-refractivity contribution in [3.05, 3.63) is 82.9 Å². The van der Waals surface area contributed by atoms with Crippen LogP contribution in [0.5, 0.6) is 17.2 Å². The maximum absolute atomic E-state index is 6.35. The van der Waals surface area contributed by atoms with Gasteiger partial charge in [-0.25, -0.2) is 0 Å². The second kappa shape index (κ2) is 9.72. The number of piperazine rings is 1. The molecular formula is C26H27ClN2O3. The van der Waals surface area contributed by atoms with Crippen LogP contribution >= 0.6 is 11.6 Å². The molecule has 2 heterocycles. The van der Waals surface area contributed by atoms with E-state index in [-0.39, 0.29) is 6.79 Å². The summed E-state index contributed by atoms with van der Waals surface area (Å²) in [5.74, 6) is 2.30. The van der Waals surface area contributed by atoms with Crippen molar-refractivity contribution in [2.24, 2.45) is 0 Å². The summed E-state index contributed by atoms with van der Waals surface area (Å²) in [7, 11) is 0. The SMILES string of the molecule is Clc1ccccc1N1CCN(CCc2ccc(COc3ccc4c(c3)OCO4)cc2)CC1. The highest BCUT2D eigenvalue weighted by Crippen LogP contribution is 2.35. The zero-order valence-electron chi connectivity index (χ0n) is 18.0. The van der Waals surface area contributed by atoms with Crippen LogP contribution in [0.1, 0.15) is 11.1 Å². The van der Waals surface area contributed by atoms with Crippen LogP contribution in [0.2, 0.25) is 5.02 Å². The number of fused-ring (bicyclic) bond motifs is 1. The van der Waals surface area contributed by atoms with Crippen molar-refractivity contribution in [3.63, 3.8) is 0 Å². The van der Waals surface area contributed by atoms with Crippen molar-refractivity contribution in [1.29, 1.82) is 0 Å². The molecule has 0 saturated carbocycles. The highest BCUT2D eigenvalue weighted by atomic mass is 35.5. The van der Waals surface area contributed by atoms with E-state index in [1.165, 1.54) is 5.56 Å². The Labute approximate surface area is 194 Å². The standard InChI is InChI=1S/C26H27ClN2O3/c27-23-3-1-2-4-24(23)29-15-13-28(14-16-29)12-11-20-5-7-21(8-6-20)18-30-22-9-10-25-26(17-22)32-19-31-25/h1-10,17H,11-16,18-19H2. The maximum Gasteiger partial charge on any atom is 0.231 e. The van der Waals surface area contributed by atoms with E-state index in [0.717, 1.165) is 72.7 Å². The molecule has 0 amide bonds. The first kappa shape index (κ1) is 21.0. The molecule has 3 aromatic rings. The molecule has 0 unspecified atom stereocenters. The van der Waals surface area contributed by atoms with Crippen molar-refractivity contribution in [2.45, 2.75) is 13.0 Å². The lowest BCUT2D eigenvalue weighted by molar-refractivity contribution is 0.173. The monoisotopic (exact) mass is 450 g/mol. The number of benzene rings is 3. The van der Waals surface area contributed by atoms with Crippen LogP contribution in [-0.4, -0.2) is 44.4 Å². The Balaban J connectivity index is 1.07. The predicted octanol–water partition coefficient (Wildman–Crippen LogP) is 5.01. The number of anilines is 1. The zero-order valence-corrected chi connectivity index (χ0v) is 18.8. The molecule has 5 rings (SSSR count). The number of halogens is 1. The van der Waals surface area contributed by atoms with Crippen molar-refractivity contribution in [3.8, 4) is 17.2 Å². The van der Waals surface area contributed by atoms with Gasteiger partial charge in [-0.15, -0.1) is 0 Å². The third kappa shape index (κ3) is 4.95.